The summed E-state index contributed by atoms with van der Waals surface area (Å²) in [5.41, 5.74) is 4.68. The lowest BCUT2D eigenvalue weighted by Gasteiger charge is -2.40. The van der Waals surface area contributed by atoms with Gasteiger partial charge in [0.1, 0.15) is 11.6 Å². The first kappa shape index (κ1) is 28.6. The van der Waals surface area contributed by atoms with Crippen molar-refractivity contribution >= 4 is 42.7 Å². The Morgan fingerprint density at radius 1 is 0.927 bits per heavy atom. The molecule has 0 radical (unpaired) electrons. The molecular formula is C27H27F2N5O5S2. The van der Waals surface area contributed by atoms with Crippen LogP contribution in [0.3, 0.4) is 0 Å². The summed E-state index contributed by atoms with van der Waals surface area (Å²) in [7, 11) is -5.25. The van der Waals surface area contributed by atoms with Crippen LogP contribution in [-0.2, 0) is 30.3 Å². The number of nitrogens with two attached hydrogens (primary N) is 1. The summed E-state index contributed by atoms with van der Waals surface area (Å²) in [6.07, 6.45) is 0.196. The fourth-order valence-corrected chi connectivity index (χ4v) is 7.34. The number of carbonyl (C=O) groups is 1. The Morgan fingerprint density at radius 3 is 2.12 bits per heavy atom. The SMILES string of the molecule is CN(C)S(=O)(=O)c1ccc(S(=O)(=O)n2nc(N3CCC(C(N)=O)(c4ccc(F)cc4F)CC3)c3ccccc32)cc1. The average molecular weight is 604 g/mol. The summed E-state index contributed by atoms with van der Waals surface area (Å²) in [6, 6.07) is 14.6. The minimum Gasteiger partial charge on any atom is -0.369 e. The number of carbonyl (C=O) groups excluding carboxylic acids is 1. The van der Waals surface area contributed by atoms with Gasteiger partial charge in [-0.2, -0.15) is 12.5 Å². The van der Waals surface area contributed by atoms with E-state index >= 15 is 0 Å². The van der Waals surface area contributed by atoms with Gasteiger partial charge in [-0.05, 0) is 55.3 Å². The number of piperidine rings is 1. The van der Waals surface area contributed by atoms with Gasteiger partial charge in [0.25, 0.3) is 10.0 Å². The van der Waals surface area contributed by atoms with Crippen LogP contribution in [0.5, 0.6) is 0 Å². The molecule has 216 valence electrons. The number of hydrogen-bond acceptors (Lipinski definition) is 7. The van der Waals surface area contributed by atoms with Crippen molar-refractivity contribution in [2.45, 2.75) is 28.0 Å². The number of fused-ring (bicyclic) bond motifs is 1. The van der Waals surface area contributed by atoms with Crippen molar-refractivity contribution in [3.63, 3.8) is 0 Å². The summed E-state index contributed by atoms with van der Waals surface area (Å²) in [5.74, 6) is -2.02. The van der Waals surface area contributed by atoms with Crippen molar-refractivity contribution in [1.29, 1.82) is 0 Å². The number of amides is 1. The van der Waals surface area contributed by atoms with Crippen LogP contribution >= 0.6 is 0 Å². The largest absolute Gasteiger partial charge is 0.369 e. The predicted molar refractivity (Wildman–Crippen MR) is 148 cm³/mol. The molecule has 1 fully saturated rings. The number of rotatable bonds is 7. The molecule has 4 aromatic rings. The first-order valence-corrected chi connectivity index (χ1v) is 15.4. The van der Waals surface area contributed by atoms with Crippen molar-refractivity contribution in [2.24, 2.45) is 5.73 Å². The lowest BCUT2D eigenvalue weighted by molar-refractivity contribution is -0.124. The van der Waals surface area contributed by atoms with E-state index in [4.69, 9.17) is 5.73 Å². The standard InChI is InChI=1S/C27H27F2N5O5S2/c1-32(2)40(36,37)19-8-10-20(11-9-19)41(38,39)34-24-6-4-3-5-21(24)25(31-34)33-15-13-27(14-16-33,26(30)35)22-12-7-18(28)17-23(22)29/h3-12,17H,13-16H2,1-2H3,(H2,30,35). The van der Waals surface area contributed by atoms with Gasteiger partial charge in [-0.25, -0.2) is 21.5 Å². The maximum atomic E-state index is 14.7. The molecule has 0 spiro atoms. The van der Waals surface area contributed by atoms with Crippen LogP contribution in [-0.4, -0.2) is 63.4 Å². The van der Waals surface area contributed by atoms with Crippen molar-refractivity contribution in [2.75, 3.05) is 32.1 Å². The number of sulfonamides is 1. The second-order valence-electron chi connectivity index (χ2n) is 10.0. The summed E-state index contributed by atoms with van der Waals surface area (Å²) < 4.78 is 82.3. The lowest BCUT2D eigenvalue weighted by Crippen LogP contribution is -2.50. The summed E-state index contributed by atoms with van der Waals surface area (Å²) in [5, 5.41) is 4.97. The van der Waals surface area contributed by atoms with E-state index in [1.807, 2.05) is 0 Å². The molecule has 14 heteroatoms. The molecule has 3 aromatic carbocycles. The Morgan fingerprint density at radius 2 is 1.54 bits per heavy atom. The number of halogens is 2. The van der Waals surface area contributed by atoms with Gasteiger partial charge in [-0.3, -0.25) is 4.79 Å². The second-order valence-corrected chi connectivity index (χ2v) is 13.9. The van der Waals surface area contributed by atoms with Crippen LogP contribution in [0.4, 0.5) is 14.6 Å². The topological polar surface area (TPSA) is 136 Å². The van der Waals surface area contributed by atoms with Crippen molar-refractivity contribution in [3.8, 4) is 0 Å². The van der Waals surface area contributed by atoms with E-state index in [1.165, 1.54) is 44.4 Å². The van der Waals surface area contributed by atoms with E-state index < -0.39 is 43.0 Å². The first-order valence-electron chi connectivity index (χ1n) is 12.6. The summed E-state index contributed by atoms with van der Waals surface area (Å²) in [4.78, 5) is 14.2. The monoisotopic (exact) mass is 603 g/mol. The minimum atomic E-state index is -4.24. The highest BCUT2D eigenvalue weighted by Gasteiger charge is 2.44. The molecule has 1 aliphatic heterocycles. The van der Waals surface area contributed by atoms with Crippen molar-refractivity contribution in [1.82, 2.24) is 13.5 Å². The molecule has 10 nitrogen and oxygen atoms in total. The van der Waals surface area contributed by atoms with E-state index in [0.29, 0.717) is 16.7 Å². The third-order valence-electron chi connectivity index (χ3n) is 7.50. The minimum absolute atomic E-state index is 0.0174. The number of benzene rings is 3. The molecule has 1 aliphatic rings. The molecule has 5 rings (SSSR count). The zero-order valence-corrected chi connectivity index (χ0v) is 23.8. The van der Waals surface area contributed by atoms with Gasteiger partial charge < -0.3 is 10.6 Å². The number of primary amides is 1. The maximum absolute atomic E-state index is 14.7. The first-order chi connectivity index (χ1) is 19.3. The fraction of sp³-hybridized carbons (Fsp3) is 0.259. The maximum Gasteiger partial charge on any atom is 0.283 e. The number of aromatic nitrogens is 2. The van der Waals surface area contributed by atoms with Crippen LogP contribution in [0.1, 0.15) is 18.4 Å². The van der Waals surface area contributed by atoms with Crippen LogP contribution in [0, 0.1) is 11.6 Å². The van der Waals surface area contributed by atoms with Crippen molar-refractivity contribution in [3.05, 3.63) is 83.9 Å². The normalized spacial score (nSPS) is 15.9. The number of nitrogens with zero attached hydrogens (tertiary/aromatic N) is 4. The quantitative estimate of drug-likeness (QED) is 0.343. The number of anilines is 1. The third-order valence-corrected chi connectivity index (χ3v) is 10.9. The Labute approximate surface area is 236 Å². The highest BCUT2D eigenvalue weighted by Crippen LogP contribution is 2.40. The van der Waals surface area contributed by atoms with Crippen LogP contribution in [0.25, 0.3) is 10.9 Å². The van der Waals surface area contributed by atoms with Crippen LogP contribution in [0.15, 0.2) is 76.5 Å². The molecule has 41 heavy (non-hydrogen) atoms. The molecule has 2 heterocycles. The molecule has 1 saturated heterocycles. The van der Waals surface area contributed by atoms with Crippen LogP contribution < -0.4 is 10.6 Å². The Hall–Kier alpha value is -3.88. The molecule has 0 unspecified atom stereocenters. The Kier molecular flexibility index (Phi) is 7.12. The van der Waals surface area contributed by atoms with Gasteiger partial charge in [-0.15, -0.1) is 5.10 Å². The van der Waals surface area contributed by atoms with E-state index in [-0.39, 0.29) is 41.3 Å². The highest BCUT2D eigenvalue weighted by atomic mass is 32.2. The Bertz CT molecular complexity index is 1870. The lowest BCUT2D eigenvalue weighted by atomic mass is 9.72. The van der Waals surface area contributed by atoms with Gasteiger partial charge in [0, 0.05) is 44.2 Å². The molecule has 0 bridgehead atoms. The van der Waals surface area contributed by atoms with E-state index in [9.17, 15) is 30.4 Å². The van der Waals surface area contributed by atoms with Gasteiger partial charge in [-0.1, -0.05) is 18.2 Å². The molecule has 0 aliphatic carbocycles. The molecule has 0 atom stereocenters. The molecule has 1 amide bonds. The highest BCUT2D eigenvalue weighted by molar-refractivity contribution is 7.90. The van der Waals surface area contributed by atoms with Gasteiger partial charge >= 0.3 is 0 Å². The zero-order valence-electron chi connectivity index (χ0n) is 22.2. The van der Waals surface area contributed by atoms with E-state index in [0.717, 1.165) is 20.5 Å². The third kappa shape index (κ3) is 4.75. The zero-order chi connectivity index (χ0) is 29.7. The molecule has 2 N–H and O–H groups in total. The second kappa shape index (κ2) is 10.2. The van der Waals surface area contributed by atoms with Crippen molar-refractivity contribution < 1.29 is 30.4 Å². The predicted octanol–water partition coefficient (Wildman–Crippen LogP) is 2.83. The summed E-state index contributed by atoms with van der Waals surface area (Å²) >= 11 is 0. The smallest absolute Gasteiger partial charge is 0.283 e. The fourth-order valence-electron chi connectivity index (χ4n) is 5.16. The molecular weight excluding hydrogens is 576 g/mol. The molecule has 1 aromatic heterocycles. The van der Waals surface area contributed by atoms with E-state index in [1.54, 1.807) is 29.2 Å². The number of para-hydroxylation sites is 1. The average Bonchev–Trinajstić information content (AvgIpc) is 3.33. The number of hydrogen-bond donors (Lipinski definition) is 1. The van der Waals surface area contributed by atoms with Crippen LogP contribution in [0.2, 0.25) is 0 Å². The Balaban J connectivity index is 1.50. The van der Waals surface area contributed by atoms with Gasteiger partial charge in [0.15, 0.2) is 5.82 Å². The molecule has 0 saturated carbocycles. The van der Waals surface area contributed by atoms with Gasteiger partial charge in [0.2, 0.25) is 15.9 Å². The van der Waals surface area contributed by atoms with E-state index in [2.05, 4.69) is 5.10 Å². The summed E-state index contributed by atoms with van der Waals surface area (Å²) in [6.45, 7) is 0.385. The van der Waals surface area contributed by atoms with Gasteiger partial charge in [0.05, 0.1) is 20.7 Å².